The van der Waals surface area contributed by atoms with Gasteiger partial charge in [0, 0.05) is 26.6 Å². The number of nitrogens with zero attached hydrogens (tertiary/aromatic N) is 1. The molecule has 0 saturated heterocycles. The summed E-state index contributed by atoms with van der Waals surface area (Å²) in [5.41, 5.74) is 5.97. The molecule has 3 rings (SSSR count). The van der Waals surface area contributed by atoms with Crippen molar-refractivity contribution >= 4 is 44.6 Å². The summed E-state index contributed by atoms with van der Waals surface area (Å²) in [7, 11) is 0. The van der Waals surface area contributed by atoms with Crippen molar-refractivity contribution < 1.29 is 0 Å². The quantitative estimate of drug-likeness (QED) is 0.369. The van der Waals surface area contributed by atoms with Crippen LogP contribution in [0.3, 0.4) is 0 Å². The van der Waals surface area contributed by atoms with Crippen LogP contribution in [-0.2, 0) is 10.8 Å². The summed E-state index contributed by atoms with van der Waals surface area (Å²) in [4.78, 5) is 2.35. The Kier molecular flexibility index (Phi) is 6.17. The van der Waals surface area contributed by atoms with Crippen LogP contribution >= 0.6 is 27.5 Å². The average Bonchev–Trinajstić information content (AvgIpc) is 2.60. The van der Waals surface area contributed by atoms with E-state index in [2.05, 4.69) is 117 Å². The fourth-order valence-electron chi connectivity index (χ4n) is 3.68. The Bertz CT molecular complexity index is 934. The van der Waals surface area contributed by atoms with Gasteiger partial charge < -0.3 is 4.90 Å². The standard InChI is InChI=1S/C26H29BrClN/c1-25(2,3)21-11-7-9-13-23(21)29(20-16-18(27)15-19(28)17-20)24-14-10-8-12-22(24)26(4,5)6/h7-17H,1-6H3. The largest absolute Gasteiger partial charge is 0.310 e. The predicted molar refractivity (Wildman–Crippen MR) is 131 cm³/mol. The second kappa shape index (κ2) is 8.16. The van der Waals surface area contributed by atoms with Crippen LogP contribution in [0.1, 0.15) is 52.7 Å². The molecule has 0 heterocycles. The molecule has 0 saturated carbocycles. The van der Waals surface area contributed by atoms with Crippen LogP contribution < -0.4 is 4.90 Å². The van der Waals surface area contributed by atoms with Crippen LogP contribution in [0.25, 0.3) is 0 Å². The number of para-hydroxylation sites is 2. The van der Waals surface area contributed by atoms with E-state index >= 15 is 0 Å². The van der Waals surface area contributed by atoms with Gasteiger partial charge in [-0.2, -0.15) is 0 Å². The number of hydrogen-bond acceptors (Lipinski definition) is 1. The molecule has 0 bridgehead atoms. The van der Waals surface area contributed by atoms with E-state index < -0.39 is 0 Å². The van der Waals surface area contributed by atoms with E-state index in [1.54, 1.807) is 0 Å². The van der Waals surface area contributed by atoms with Crippen molar-refractivity contribution in [2.75, 3.05) is 4.90 Å². The smallest absolute Gasteiger partial charge is 0.0499 e. The normalized spacial score (nSPS) is 12.1. The van der Waals surface area contributed by atoms with Crippen LogP contribution in [0.15, 0.2) is 71.2 Å². The minimum absolute atomic E-state index is 0.00132. The van der Waals surface area contributed by atoms with E-state index in [4.69, 9.17) is 11.6 Å². The molecule has 0 aliphatic carbocycles. The Morgan fingerprint density at radius 2 is 1.14 bits per heavy atom. The van der Waals surface area contributed by atoms with Gasteiger partial charge in [-0.3, -0.25) is 0 Å². The molecule has 152 valence electrons. The summed E-state index contributed by atoms with van der Waals surface area (Å²) >= 11 is 10.1. The van der Waals surface area contributed by atoms with Gasteiger partial charge in [0.2, 0.25) is 0 Å². The molecule has 0 aliphatic heterocycles. The van der Waals surface area contributed by atoms with Crippen molar-refractivity contribution in [3.05, 3.63) is 87.4 Å². The van der Waals surface area contributed by atoms with Crippen molar-refractivity contribution in [2.24, 2.45) is 0 Å². The van der Waals surface area contributed by atoms with Crippen molar-refractivity contribution in [1.29, 1.82) is 0 Å². The summed E-state index contributed by atoms with van der Waals surface area (Å²) < 4.78 is 0.964. The van der Waals surface area contributed by atoms with Gasteiger partial charge >= 0.3 is 0 Å². The lowest BCUT2D eigenvalue weighted by atomic mass is 9.83. The maximum Gasteiger partial charge on any atom is 0.0499 e. The lowest BCUT2D eigenvalue weighted by Crippen LogP contribution is -2.22. The minimum Gasteiger partial charge on any atom is -0.310 e. The van der Waals surface area contributed by atoms with E-state index in [0.29, 0.717) is 5.02 Å². The number of hydrogen-bond donors (Lipinski definition) is 0. The summed E-state index contributed by atoms with van der Waals surface area (Å²) in [5.74, 6) is 0. The van der Waals surface area contributed by atoms with Crippen LogP contribution in [0, 0.1) is 0 Å². The first-order chi connectivity index (χ1) is 13.5. The van der Waals surface area contributed by atoms with Crippen LogP contribution in [0.5, 0.6) is 0 Å². The molecular formula is C26H29BrClN. The summed E-state index contributed by atoms with van der Waals surface area (Å²) in [5, 5.41) is 0.709. The Morgan fingerprint density at radius 1 is 0.690 bits per heavy atom. The average molecular weight is 471 g/mol. The third-order valence-corrected chi connectivity index (χ3v) is 5.69. The molecule has 0 radical (unpaired) electrons. The number of benzene rings is 3. The lowest BCUT2D eigenvalue weighted by molar-refractivity contribution is 0.587. The molecule has 3 aromatic rings. The molecule has 3 aromatic carbocycles. The maximum absolute atomic E-state index is 6.47. The Morgan fingerprint density at radius 3 is 1.55 bits per heavy atom. The van der Waals surface area contributed by atoms with E-state index in [1.165, 1.54) is 22.5 Å². The molecule has 0 N–H and O–H groups in total. The number of halogens is 2. The molecule has 0 atom stereocenters. The molecular weight excluding hydrogens is 442 g/mol. The zero-order valence-electron chi connectivity index (χ0n) is 18.1. The number of anilines is 3. The molecule has 0 aromatic heterocycles. The summed E-state index contributed by atoms with van der Waals surface area (Å²) in [6.45, 7) is 13.5. The molecule has 29 heavy (non-hydrogen) atoms. The van der Waals surface area contributed by atoms with Gasteiger partial charge in [-0.05, 0) is 52.3 Å². The highest BCUT2D eigenvalue weighted by Gasteiger charge is 2.27. The number of rotatable bonds is 3. The second-order valence-corrected chi connectivity index (χ2v) is 10.8. The molecule has 0 fully saturated rings. The SMILES string of the molecule is CC(C)(C)c1ccccc1N(c1cc(Cl)cc(Br)c1)c1ccccc1C(C)(C)C. The zero-order valence-corrected chi connectivity index (χ0v) is 20.4. The van der Waals surface area contributed by atoms with Crippen LogP contribution in [0.2, 0.25) is 5.02 Å². The minimum atomic E-state index is 0.00132. The van der Waals surface area contributed by atoms with E-state index in [-0.39, 0.29) is 10.8 Å². The second-order valence-electron chi connectivity index (χ2n) is 9.50. The molecule has 0 amide bonds. The monoisotopic (exact) mass is 469 g/mol. The Balaban J connectivity index is 2.38. The fraction of sp³-hybridized carbons (Fsp3) is 0.308. The lowest BCUT2D eigenvalue weighted by Gasteiger charge is -2.35. The summed E-state index contributed by atoms with van der Waals surface area (Å²) in [6.07, 6.45) is 0. The van der Waals surface area contributed by atoms with Gasteiger partial charge in [0.05, 0.1) is 0 Å². The van der Waals surface area contributed by atoms with Crippen molar-refractivity contribution in [3.63, 3.8) is 0 Å². The van der Waals surface area contributed by atoms with Crippen LogP contribution in [0.4, 0.5) is 17.1 Å². The molecule has 0 unspecified atom stereocenters. The van der Waals surface area contributed by atoms with Gasteiger partial charge in [0.1, 0.15) is 0 Å². The fourth-order valence-corrected chi connectivity index (χ4v) is 4.52. The first kappa shape index (κ1) is 21.9. The highest BCUT2D eigenvalue weighted by Crippen LogP contribution is 2.45. The van der Waals surface area contributed by atoms with E-state index in [9.17, 15) is 0 Å². The van der Waals surface area contributed by atoms with Gasteiger partial charge in [0.15, 0.2) is 0 Å². The van der Waals surface area contributed by atoms with Gasteiger partial charge in [-0.1, -0.05) is 105 Å². The van der Waals surface area contributed by atoms with Crippen molar-refractivity contribution in [1.82, 2.24) is 0 Å². The van der Waals surface area contributed by atoms with Gasteiger partial charge in [0.25, 0.3) is 0 Å². The van der Waals surface area contributed by atoms with Crippen molar-refractivity contribution in [3.8, 4) is 0 Å². The van der Waals surface area contributed by atoms with Crippen molar-refractivity contribution in [2.45, 2.75) is 52.4 Å². The van der Waals surface area contributed by atoms with E-state index in [1.807, 2.05) is 12.1 Å². The molecule has 1 nitrogen and oxygen atoms in total. The van der Waals surface area contributed by atoms with Gasteiger partial charge in [-0.15, -0.1) is 0 Å². The molecule has 0 spiro atoms. The maximum atomic E-state index is 6.47. The first-order valence-electron chi connectivity index (χ1n) is 9.94. The van der Waals surface area contributed by atoms with Gasteiger partial charge in [-0.25, -0.2) is 0 Å². The van der Waals surface area contributed by atoms with Crippen LogP contribution in [-0.4, -0.2) is 0 Å². The molecule has 3 heteroatoms. The highest BCUT2D eigenvalue weighted by atomic mass is 79.9. The highest BCUT2D eigenvalue weighted by molar-refractivity contribution is 9.10. The predicted octanol–water partition coefficient (Wildman–Crippen LogP) is 9.17. The zero-order chi connectivity index (χ0) is 21.4. The Labute approximate surface area is 188 Å². The third kappa shape index (κ3) is 4.87. The van der Waals surface area contributed by atoms with E-state index in [0.717, 1.165) is 10.2 Å². The third-order valence-electron chi connectivity index (χ3n) is 5.01. The summed E-state index contributed by atoms with van der Waals surface area (Å²) in [6, 6.07) is 23.4. The Hall–Kier alpha value is -1.77. The molecule has 0 aliphatic rings. The topological polar surface area (TPSA) is 3.24 Å². The first-order valence-corrected chi connectivity index (χ1v) is 11.1.